The number of hydrogen-bond donors (Lipinski definition) is 1. The zero-order chi connectivity index (χ0) is 22.1. The van der Waals surface area contributed by atoms with E-state index in [4.69, 9.17) is 14.2 Å². The molecule has 0 fully saturated rings. The van der Waals surface area contributed by atoms with E-state index in [-0.39, 0.29) is 19.0 Å². The second-order valence-corrected chi connectivity index (χ2v) is 7.92. The zero-order valence-electron chi connectivity index (χ0n) is 17.3. The summed E-state index contributed by atoms with van der Waals surface area (Å²) in [7, 11) is 0. The minimum atomic E-state index is -1.06. The van der Waals surface area contributed by atoms with Gasteiger partial charge in [-0.3, -0.25) is 0 Å². The summed E-state index contributed by atoms with van der Waals surface area (Å²) in [5.41, 5.74) is 4.00. The summed E-state index contributed by atoms with van der Waals surface area (Å²) in [6.45, 7) is 2.88. The molecule has 2 aromatic heterocycles. The molecule has 1 aliphatic heterocycles. The van der Waals surface area contributed by atoms with Crippen LogP contribution in [0, 0.1) is 0 Å². The van der Waals surface area contributed by atoms with Crippen LogP contribution < -0.4 is 14.2 Å². The number of benzene rings is 2. The molecule has 3 heterocycles. The molecule has 4 aromatic rings. The highest BCUT2D eigenvalue weighted by atomic mass is 32.1. The molecule has 5 rings (SSSR count). The predicted octanol–water partition coefficient (Wildman–Crippen LogP) is 3.74. The molecule has 0 bridgehead atoms. The van der Waals surface area contributed by atoms with Crippen LogP contribution in [0.4, 0.5) is 0 Å². The SMILES string of the molecule is CCCOc1nn(Cc2ccc3c(c2)OCO3)c(C(=O)O)c1Cc1ccc2nsnc2c1. The summed E-state index contributed by atoms with van der Waals surface area (Å²) in [5.74, 6) is 0.587. The van der Waals surface area contributed by atoms with E-state index in [1.807, 2.05) is 43.3 Å². The number of hydrogen-bond acceptors (Lipinski definition) is 8. The van der Waals surface area contributed by atoms with Crippen molar-refractivity contribution in [2.75, 3.05) is 13.4 Å². The fourth-order valence-electron chi connectivity index (χ4n) is 3.66. The van der Waals surface area contributed by atoms with Crippen molar-refractivity contribution in [1.82, 2.24) is 18.5 Å². The Bertz CT molecular complexity index is 1300. The lowest BCUT2D eigenvalue weighted by atomic mass is 10.0. The molecule has 0 unspecified atom stereocenters. The summed E-state index contributed by atoms with van der Waals surface area (Å²) >= 11 is 1.15. The number of aromatic nitrogens is 4. The first-order chi connectivity index (χ1) is 15.6. The maximum absolute atomic E-state index is 12.3. The van der Waals surface area contributed by atoms with Crippen LogP contribution in [0.1, 0.15) is 40.5 Å². The van der Waals surface area contributed by atoms with Crippen molar-refractivity contribution in [3.8, 4) is 17.4 Å². The molecule has 0 spiro atoms. The van der Waals surface area contributed by atoms with E-state index in [1.165, 1.54) is 4.68 Å². The van der Waals surface area contributed by atoms with Gasteiger partial charge in [-0.1, -0.05) is 19.1 Å². The van der Waals surface area contributed by atoms with E-state index < -0.39 is 5.97 Å². The first-order valence-corrected chi connectivity index (χ1v) is 10.9. The molecule has 0 saturated heterocycles. The van der Waals surface area contributed by atoms with Crippen LogP contribution in [0.15, 0.2) is 36.4 Å². The summed E-state index contributed by atoms with van der Waals surface area (Å²) < 4.78 is 26.6. The number of carboxylic acid groups (broad SMARTS) is 1. The number of nitrogens with zero attached hydrogens (tertiary/aromatic N) is 4. The number of ether oxygens (including phenoxy) is 3. The molecular formula is C22H20N4O5S. The lowest BCUT2D eigenvalue weighted by Crippen LogP contribution is -2.13. The van der Waals surface area contributed by atoms with Crippen LogP contribution in [0.5, 0.6) is 17.4 Å². The van der Waals surface area contributed by atoms with Crippen molar-refractivity contribution in [3.05, 3.63) is 58.8 Å². The van der Waals surface area contributed by atoms with Gasteiger partial charge in [-0.2, -0.15) is 8.75 Å². The molecule has 0 aliphatic carbocycles. The van der Waals surface area contributed by atoms with Gasteiger partial charge in [0.2, 0.25) is 12.7 Å². The molecule has 10 heteroatoms. The van der Waals surface area contributed by atoms with Crippen LogP contribution in [-0.2, 0) is 13.0 Å². The van der Waals surface area contributed by atoms with Gasteiger partial charge >= 0.3 is 5.97 Å². The van der Waals surface area contributed by atoms with Crippen molar-refractivity contribution in [2.45, 2.75) is 26.3 Å². The molecule has 1 N–H and O–H groups in total. The van der Waals surface area contributed by atoms with E-state index in [0.717, 1.165) is 40.3 Å². The largest absolute Gasteiger partial charge is 0.477 e. The molecule has 0 atom stereocenters. The highest BCUT2D eigenvalue weighted by Gasteiger charge is 2.25. The highest BCUT2D eigenvalue weighted by Crippen LogP contribution is 2.33. The monoisotopic (exact) mass is 452 g/mol. The van der Waals surface area contributed by atoms with Crippen LogP contribution in [-0.4, -0.2) is 43.0 Å². The third kappa shape index (κ3) is 3.84. The summed E-state index contributed by atoms with van der Waals surface area (Å²) in [6.07, 6.45) is 1.14. The minimum absolute atomic E-state index is 0.102. The van der Waals surface area contributed by atoms with E-state index in [0.29, 0.717) is 36.0 Å². The number of aromatic carboxylic acids is 1. The summed E-state index contributed by atoms with van der Waals surface area (Å²) in [4.78, 5) is 12.3. The van der Waals surface area contributed by atoms with Crippen LogP contribution in [0.3, 0.4) is 0 Å². The maximum Gasteiger partial charge on any atom is 0.354 e. The smallest absolute Gasteiger partial charge is 0.354 e. The Morgan fingerprint density at radius 3 is 2.78 bits per heavy atom. The van der Waals surface area contributed by atoms with Gasteiger partial charge in [0.1, 0.15) is 11.0 Å². The van der Waals surface area contributed by atoms with E-state index in [1.54, 1.807) is 0 Å². The quantitative estimate of drug-likeness (QED) is 0.431. The van der Waals surface area contributed by atoms with Gasteiger partial charge in [0.25, 0.3) is 0 Å². The Morgan fingerprint density at radius 1 is 1.12 bits per heavy atom. The van der Waals surface area contributed by atoms with E-state index >= 15 is 0 Å². The number of rotatable bonds is 8. The van der Waals surface area contributed by atoms with Crippen molar-refractivity contribution in [1.29, 1.82) is 0 Å². The van der Waals surface area contributed by atoms with Gasteiger partial charge in [0, 0.05) is 6.42 Å². The standard InChI is InChI=1S/C22H20N4O5S/c1-2-7-29-21-15(8-13-3-5-16-17(9-13)25-32-24-16)20(22(27)28)26(23-21)11-14-4-6-18-19(10-14)31-12-30-18/h3-6,9-10H,2,7-8,11-12H2,1H3,(H,27,28). The molecule has 164 valence electrons. The first kappa shape index (κ1) is 20.3. The summed E-state index contributed by atoms with van der Waals surface area (Å²) in [5, 5.41) is 14.6. The Hall–Kier alpha value is -3.66. The van der Waals surface area contributed by atoms with Crippen molar-refractivity contribution >= 4 is 28.7 Å². The van der Waals surface area contributed by atoms with E-state index in [2.05, 4.69) is 13.8 Å². The normalized spacial score (nSPS) is 12.4. The van der Waals surface area contributed by atoms with E-state index in [9.17, 15) is 9.90 Å². The third-order valence-corrected chi connectivity index (χ3v) is 5.68. The highest BCUT2D eigenvalue weighted by molar-refractivity contribution is 7.00. The van der Waals surface area contributed by atoms with Gasteiger partial charge in [-0.25, -0.2) is 9.48 Å². The van der Waals surface area contributed by atoms with Crippen molar-refractivity contribution < 1.29 is 24.1 Å². The zero-order valence-corrected chi connectivity index (χ0v) is 18.1. The number of fused-ring (bicyclic) bond motifs is 2. The Morgan fingerprint density at radius 2 is 1.94 bits per heavy atom. The molecule has 32 heavy (non-hydrogen) atoms. The van der Waals surface area contributed by atoms with Gasteiger partial charge in [-0.15, -0.1) is 5.10 Å². The molecule has 9 nitrogen and oxygen atoms in total. The molecular weight excluding hydrogens is 432 g/mol. The van der Waals surface area contributed by atoms with Gasteiger partial charge in [-0.05, 0) is 41.8 Å². The third-order valence-electron chi connectivity index (χ3n) is 5.13. The molecule has 0 amide bonds. The molecule has 0 radical (unpaired) electrons. The second-order valence-electron chi connectivity index (χ2n) is 7.40. The lowest BCUT2D eigenvalue weighted by molar-refractivity contribution is 0.0683. The predicted molar refractivity (Wildman–Crippen MR) is 117 cm³/mol. The second kappa shape index (κ2) is 8.46. The van der Waals surface area contributed by atoms with Crippen LogP contribution in [0.2, 0.25) is 0 Å². The molecule has 1 aliphatic rings. The Labute approximate surface area is 187 Å². The first-order valence-electron chi connectivity index (χ1n) is 10.2. The fraction of sp³-hybridized carbons (Fsp3) is 0.273. The lowest BCUT2D eigenvalue weighted by Gasteiger charge is -2.07. The fourth-order valence-corrected chi connectivity index (χ4v) is 4.18. The van der Waals surface area contributed by atoms with Crippen molar-refractivity contribution in [3.63, 3.8) is 0 Å². The van der Waals surface area contributed by atoms with Gasteiger partial charge in [0.05, 0.1) is 30.4 Å². The van der Waals surface area contributed by atoms with Crippen LogP contribution in [0.25, 0.3) is 11.0 Å². The molecule has 0 saturated carbocycles. The Balaban J connectivity index is 1.53. The van der Waals surface area contributed by atoms with Crippen molar-refractivity contribution in [2.24, 2.45) is 0 Å². The Kier molecular flexibility index (Phi) is 5.36. The van der Waals surface area contributed by atoms with Crippen LogP contribution >= 0.6 is 11.7 Å². The van der Waals surface area contributed by atoms with Gasteiger partial charge < -0.3 is 19.3 Å². The number of carbonyl (C=O) groups is 1. The minimum Gasteiger partial charge on any atom is -0.477 e. The average Bonchev–Trinajstić information content (AvgIpc) is 3.50. The summed E-state index contributed by atoms with van der Waals surface area (Å²) in [6, 6.07) is 11.3. The average molecular weight is 452 g/mol. The topological polar surface area (TPSA) is 109 Å². The number of carboxylic acids is 1. The molecule has 2 aromatic carbocycles. The maximum atomic E-state index is 12.3. The van der Waals surface area contributed by atoms with Gasteiger partial charge in [0.15, 0.2) is 17.2 Å².